The molecule has 2 heterocycles. The minimum Gasteiger partial charge on any atom is -0.493 e. The molecule has 39 heavy (non-hydrogen) atoms. The third-order valence-corrected chi connectivity index (χ3v) is 6.55. The molecule has 3 aromatic carbocycles. The highest BCUT2D eigenvalue weighted by Crippen LogP contribution is 2.39. The number of carbonyl (C=O) groups is 2. The van der Waals surface area contributed by atoms with Crippen molar-refractivity contribution in [1.82, 2.24) is 9.47 Å². The lowest BCUT2D eigenvalue weighted by atomic mass is 10.2. The first-order valence-corrected chi connectivity index (χ1v) is 12.8. The molecule has 0 atom stereocenters. The minimum atomic E-state index is -0.589. The number of carbonyl (C=O) groups excluding carboxylic acids is 2. The molecule has 2 N–H and O–H groups in total. The Kier molecular flexibility index (Phi) is 7.83. The molecule has 2 amide bonds. The van der Waals surface area contributed by atoms with E-state index in [0.717, 1.165) is 31.7 Å². The van der Waals surface area contributed by atoms with Crippen LogP contribution in [-0.4, -0.2) is 59.2 Å². The molecule has 0 aliphatic carbocycles. The average Bonchev–Trinajstić information content (AvgIpc) is 3.22. The Morgan fingerprint density at radius 1 is 0.923 bits per heavy atom. The van der Waals surface area contributed by atoms with E-state index in [4.69, 9.17) is 4.74 Å². The Morgan fingerprint density at radius 3 is 2.33 bits per heavy atom. The quantitative estimate of drug-likeness (QED) is 0.320. The molecule has 10 nitrogen and oxygen atoms in total. The van der Waals surface area contributed by atoms with E-state index in [-0.39, 0.29) is 24.1 Å². The van der Waals surface area contributed by atoms with Crippen LogP contribution in [0.3, 0.4) is 0 Å². The number of anilines is 2. The number of benzene rings is 3. The van der Waals surface area contributed by atoms with Crippen molar-refractivity contribution in [2.24, 2.45) is 10.2 Å². The predicted molar refractivity (Wildman–Crippen MR) is 150 cm³/mol. The van der Waals surface area contributed by atoms with Gasteiger partial charge in [0.25, 0.3) is 0 Å². The van der Waals surface area contributed by atoms with Crippen LogP contribution in [0.4, 0.5) is 17.1 Å². The number of hydrogen-bond acceptors (Lipinski definition) is 7. The first-order chi connectivity index (χ1) is 19.0. The summed E-state index contributed by atoms with van der Waals surface area (Å²) in [6, 6.07) is 24.5. The van der Waals surface area contributed by atoms with Crippen LogP contribution in [0.15, 0.2) is 89.1 Å². The van der Waals surface area contributed by atoms with Crippen LogP contribution >= 0.6 is 0 Å². The number of nitrogens with one attached hydrogen (secondary N) is 1. The SMILES string of the molecule is CC(=O)Nc1ccc(OCC(=O)N=Nc2c(O)n(CN3CCN(c4ccccc4)CC3)c3ccccc23)cc1. The molecular formula is C29H30N6O4. The van der Waals surface area contributed by atoms with E-state index in [1.807, 2.05) is 42.5 Å². The summed E-state index contributed by atoms with van der Waals surface area (Å²) in [6.07, 6.45) is 0. The van der Waals surface area contributed by atoms with Gasteiger partial charge in [-0.15, -0.1) is 10.2 Å². The number of aromatic hydroxyl groups is 1. The van der Waals surface area contributed by atoms with Crippen LogP contribution in [0.5, 0.6) is 11.6 Å². The van der Waals surface area contributed by atoms with Gasteiger partial charge in [0.05, 0.1) is 12.2 Å². The fourth-order valence-electron chi connectivity index (χ4n) is 4.62. The van der Waals surface area contributed by atoms with E-state index in [9.17, 15) is 14.7 Å². The maximum Gasteiger partial charge on any atom is 0.302 e. The summed E-state index contributed by atoms with van der Waals surface area (Å²) in [5, 5.41) is 22.4. The summed E-state index contributed by atoms with van der Waals surface area (Å²) in [5.41, 5.74) is 2.91. The van der Waals surface area contributed by atoms with E-state index in [1.165, 1.54) is 12.6 Å². The van der Waals surface area contributed by atoms with Gasteiger partial charge in [0, 0.05) is 49.9 Å². The maximum atomic E-state index is 12.4. The highest BCUT2D eigenvalue weighted by atomic mass is 16.5. The summed E-state index contributed by atoms with van der Waals surface area (Å²) >= 11 is 0. The topological polar surface area (TPSA) is 112 Å². The molecule has 10 heteroatoms. The van der Waals surface area contributed by atoms with Gasteiger partial charge < -0.3 is 20.1 Å². The highest BCUT2D eigenvalue weighted by Gasteiger charge is 2.22. The molecule has 1 saturated heterocycles. The number of amides is 2. The van der Waals surface area contributed by atoms with Crippen LogP contribution in [0, 0.1) is 0 Å². The van der Waals surface area contributed by atoms with Crippen LogP contribution in [-0.2, 0) is 16.3 Å². The molecule has 200 valence electrons. The van der Waals surface area contributed by atoms with Crippen molar-refractivity contribution in [2.75, 3.05) is 43.0 Å². The van der Waals surface area contributed by atoms with Crippen molar-refractivity contribution in [3.8, 4) is 11.6 Å². The Balaban J connectivity index is 1.23. The summed E-state index contributed by atoms with van der Waals surface area (Å²) < 4.78 is 7.29. The zero-order valence-corrected chi connectivity index (χ0v) is 21.7. The maximum absolute atomic E-state index is 12.4. The van der Waals surface area contributed by atoms with Crippen LogP contribution in [0.1, 0.15) is 6.92 Å². The second kappa shape index (κ2) is 11.8. The summed E-state index contributed by atoms with van der Waals surface area (Å²) in [7, 11) is 0. The predicted octanol–water partition coefficient (Wildman–Crippen LogP) is 4.77. The monoisotopic (exact) mass is 526 g/mol. The van der Waals surface area contributed by atoms with Crippen molar-refractivity contribution >= 4 is 39.8 Å². The number of ether oxygens (including phenoxy) is 1. The standard InChI is InChI=1S/C29H30N6O4/c1-21(36)30-22-11-13-24(14-12-22)39-19-27(37)31-32-28-25-9-5-6-10-26(25)35(29(28)38)20-33-15-17-34(18-16-33)23-7-3-2-4-8-23/h2-14,38H,15-20H2,1H3,(H,30,36). The van der Waals surface area contributed by atoms with Gasteiger partial charge >= 0.3 is 5.91 Å². The van der Waals surface area contributed by atoms with Crippen molar-refractivity contribution in [2.45, 2.75) is 13.6 Å². The van der Waals surface area contributed by atoms with E-state index in [1.54, 1.807) is 28.8 Å². The minimum absolute atomic E-state index is 0.0345. The van der Waals surface area contributed by atoms with Crippen molar-refractivity contribution in [3.05, 3.63) is 78.9 Å². The molecule has 0 spiro atoms. The molecule has 1 aliphatic rings. The molecule has 1 fully saturated rings. The van der Waals surface area contributed by atoms with Crippen molar-refractivity contribution < 1.29 is 19.4 Å². The molecule has 0 unspecified atom stereocenters. The van der Waals surface area contributed by atoms with E-state index < -0.39 is 5.91 Å². The van der Waals surface area contributed by atoms with E-state index >= 15 is 0 Å². The number of para-hydroxylation sites is 2. The van der Waals surface area contributed by atoms with E-state index in [0.29, 0.717) is 23.5 Å². The first kappa shape index (κ1) is 25.9. The Labute approximate surface area is 226 Å². The molecule has 1 aliphatic heterocycles. The fourth-order valence-corrected chi connectivity index (χ4v) is 4.62. The summed E-state index contributed by atoms with van der Waals surface area (Å²) in [6.45, 7) is 5.08. The number of aromatic nitrogens is 1. The van der Waals surface area contributed by atoms with Gasteiger partial charge in [-0.05, 0) is 42.5 Å². The van der Waals surface area contributed by atoms with Gasteiger partial charge in [-0.1, -0.05) is 36.4 Å². The number of piperazine rings is 1. The Hall–Kier alpha value is -4.70. The molecule has 0 radical (unpaired) electrons. The highest BCUT2D eigenvalue weighted by molar-refractivity contribution is 5.95. The van der Waals surface area contributed by atoms with Gasteiger partial charge in [-0.3, -0.25) is 19.1 Å². The second-order valence-electron chi connectivity index (χ2n) is 9.29. The Morgan fingerprint density at radius 2 is 1.62 bits per heavy atom. The number of nitrogens with zero attached hydrogens (tertiary/aromatic N) is 5. The van der Waals surface area contributed by atoms with Crippen molar-refractivity contribution in [3.63, 3.8) is 0 Å². The second-order valence-corrected chi connectivity index (χ2v) is 9.29. The van der Waals surface area contributed by atoms with Crippen LogP contribution in [0.2, 0.25) is 0 Å². The first-order valence-electron chi connectivity index (χ1n) is 12.8. The fraction of sp³-hybridized carbons (Fsp3) is 0.241. The van der Waals surface area contributed by atoms with Crippen molar-refractivity contribution in [1.29, 1.82) is 0 Å². The van der Waals surface area contributed by atoms with Gasteiger partial charge in [0.2, 0.25) is 11.8 Å². The lowest BCUT2D eigenvalue weighted by Crippen LogP contribution is -2.46. The van der Waals surface area contributed by atoms with Gasteiger partial charge in [-0.2, -0.15) is 0 Å². The number of azo groups is 1. The molecule has 4 aromatic rings. The summed E-state index contributed by atoms with van der Waals surface area (Å²) in [5.74, 6) is -0.337. The zero-order valence-electron chi connectivity index (χ0n) is 21.7. The van der Waals surface area contributed by atoms with Gasteiger partial charge in [0.15, 0.2) is 12.3 Å². The number of fused-ring (bicyclic) bond motifs is 1. The number of hydrogen-bond donors (Lipinski definition) is 2. The van der Waals surface area contributed by atoms with Gasteiger partial charge in [-0.25, -0.2) is 0 Å². The average molecular weight is 527 g/mol. The van der Waals surface area contributed by atoms with Crippen LogP contribution in [0.25, 0.3) is 10.9 Å². The Bertz CT molecular complexity index is 1480. The third kappa shape index (κ3) is 6.24. The lowest BCUT2D eigenvalue weighted by molar-refractivity contribution is -0.120. The van der Waals surface area contributed by atoms with Crippen LogP contribution < -0.4 is 15.0 Å². The molecule has 0 saturated carbocycles. The lowest BCUT2D eigenvalue weighted by Gasteiger charge is -2.36. The van der Waals surface area contributed by atoms with Gasteiger partial charge in [0.1, 0.15) is 5.75 Å². The largest absolute Gasteiger partial charge is 0.493 e. The van der Waals surface area contributed by atoms with E-state index in [2.05, 4.69) is 37.5 Å². The smallest absolute Gasteiger partial charge is 0.302 e. The zero-order chi connectivity index (χ0) is 27.2. The molecular weight excluding hydrogens is 496 g/mol. The summed E-state index contributed by atoms with van der Waals surface area (Å²) in [4.78, 5) is 28.2. The third-order valence-electron chi connectivity index (χ3n) is 6.55. The molecule has 0 bridgehead atoms. The normalized spacial score (nSPS) is 14.1. The number of rotatable bonds is 8. The molecule has 5 rings (SSSR count). The molecule has 1 aromatic heterocycles.